The van der Waals surface area contributed by atoms with Crippen molar-refractivity contribution in [3.8, 4) is 11.1 Å². The van der Waals surface area contributed by atoms with Crippen molar-refractivity contribution in [1.29, 1.82) is 0 Å². The van der Waals surface area contributed by atoms with Gasteiger partial charge in [-0.2, -0.15) is 39.5 Å². The number of alkyl halides is 9. The molecule has 0 spiro atoms. The summed E-state index contributed by atoms with van der Waals surface area (Å²) in [5.41, 5.74) is 0.211. The van der Waals surface area contributed by atoms with Gasteiger partial charge in [-0.15, -0.1) is 0 Å². The van der Waals surface area contributed by atoms with E-state index in [4.69, 9.17) is 0 Å². The van der Waals surface area contributed by atoms with Gasteiger partial charge in [0, 0.05) is 13.1 Å². The lowest BCUT2D eigenvalue weighted by Gasteiger charge is -2.41. The average molecular weight is 646 g/mol. The lowest BCUT2D eigenvalue weighted by Crippen LogP contribution is -2.50. The van der Waals surface area contributed by atoms with Gasteiger partial charge >= 0.3 is 24.5 Å². The maximum Gasteiger partial charge on any atom is 0.416 e. The van der Waals surface area contributed by atoms with Crippen molar-refractivity contribution in [2.24, 2.45) is 5.92 Å². The van der Waals surface area contributed by atoms with Gasteiger partial charge in [0.1, 0.15) is 6.04 Å². The molecule has 3 aromatic rings. The molecule has 0 radical (unpaired) electrons. The summed E-state index contributed by atoms with van der Waals surface area (Å²) in [7, 11) is 0. The molecule has 0 bridgehead atoms. The van der Waals surface area contributed by atoms with E-state index in [0.717, 1.165) is 36.4 Å². The van der Waals surface area contributed by atoms with Crippen LogP contribution in [-0.2, 0) is 23.7 Å². The maximum atomic E-state index is 14.1. The topological polar surface area (TPSA) is 40.5 Å². The number of likely N-dealkylation sites (tertiary alicyclic amines) is 1. The van der Waals surface area contributed by atoms with Crippen LogP contribution in [-0.4, -0.2) is 34.7 Å². The molecule has 0 amide bonds. The molecule has 3 unspecified atom stereocenters. The van der Waals surface area contributed by atoms with E-state index < -0.39 is 53.5 Å². The van der Waals surface area contributed by atoms with Crippen LogP contribution in [0, 0.1) is 5.92 Å². The number of carboxylic acids is 1. The van der Waals surface area contributed by atoms with Gasteiger partial charge in [0.05, 0.1) is 17.0 Å². The molecule has 45 heavy (non-hydrogen) atoms. The first-order chi connectivity index (χ1) is 20.8. The van der Waals surface area contributed by atoms with E-state index in [0.29, 0.717) is 22.3 Å². The standard InChI is InChI=1S/C33H32F9NO2/c1-19(2)13-28(30(44)45)25-15-23(21-5-10-27(11-6-21)32(37,38)39)14-24(16-25)22-7-12-29(33(40,41)42)43(18-22)17-20-3-8-26(9-4-20)31(34,35)36/h3-6,8-11,14-16,19,22,28-29H,7,12-13,17-18H2,1-2H3,(H,44,45). The van der Waals surface area contributed by atoms with E-state index in [9.17, 15) is 49.4 Å². The molecule has 1 heterocycles. The van der Waals surface area contributed by atoms with Crippen LogP contribution in [0.1, 0.15) is 72.8 Å². The van der Waals surface area contributed by atoms with E-state index in [-0.39, 0.29) is 43.8 Å². The lowest BCUT2D eigenvalue weighted by atomic mass is 9.81. The third-order valence-corrected chi connectivity index (χ3v) is 8.13. The fraction of sp³-hybridized carbons (Fsp3) is 0.424. The molecule has 1 saturated heterocycles. The highest BCUT2D eigenvalue weighted by Gasteiger charge is 2.46. The van der Waals surface area contributed by atoms with Crippen LogP contribution in [0.4, 0.5) is 39.5 Å². The Hall–Kier alpha value is -3.54. The molecule has 1 aliphatic rings. The third kappa shape index (κ3) is 8.59. The largest absolute Gasteiger partial charge is 0.481 e. The highest BCUT2D eigenvalue weighted by atomic mass is 19.4. The van der Waals surface area contributed by atoms with E-state index in [1.807, 2.05) is 13.8 Å². The van der Waals surface area contributed by atoms with Gasteiger partial charge in [-0.05, 0) is 83.2 Å². The summed E-state index contributed by atoms with van der Waals surface area (Å²) >= 11 is 0. The Morgan fingerprint density at radius 1 is 0.800 bits per heavy atom. The van der Waals surface area contributed by atoms with Crippen LogP contribution in [0.15, 0.2) is 66.7 Å². The van der Waals surface area contributed by atoms with Crippen LogP contribution in [0.3, 0.4) is 0 Å². The minimum absolute atomic E-state index is 0.0225. The molecule has 3 nitrogen and oxygen atoms in total. The molecular weight excluding hydrogens is 613 g/mol. The summed E-state index contributed by atoms with van der Waals surface area (Å²) in [6.07, 6.45) is -13.7. The number of carboxylic acid groups (broad SMARTS) is 1. The number of rotatable bonds is 8. The van der Waals surface area contributed by atoms with E-state index >= 15 is 0 Å². The Balaban J connectivity index is 1.73. The van der Waals surface area contributed by atoms with Gasteiger partial charge < -0.3 is 5.11 Å². The van der Waals surface area contributed by atoms with Crippen molar-refractivity contribution in [2.45, 2.75) is 76.1 Å². The predicted octanol–water partition coefficient (Wildman–Crippen LogP) is 9.92. The fourth-order valence-corrected chi connectivity index (χ4v) is 5.88. The zero-order valence-corrected chi connectivity index (χ0v) is 24.4. The molecule has 0 saturated carbocycles. The SMILES string of the molecule is CC(C)CC(C(=O)O)c1cc(-c2ccc(C(F)(F)F)cc2)cc(C2CCC(C(F)(F)F)N(Cc3ccc(C(F)(F)F)cc3)C2)c1. The summed E-state index contributed by atoms with van der Waals surface area (Å²) in [6.45, 7) is 3.29. The van der Waals surface area contributed by atoms with Crippen molar-refractivity contribution < 1.29 is 49.4 Å². The zero-order valence-electron chi connectivity index (χ0n) is 24.4. The van der Waals surface area contributed by atoms with Gasteiger partial charge in [0.25, 0.3) is 0 Å². The molecular formula is C33H32F9NO2. The first-order valence-corrected chi connectivity index (χ1v) is 14.3. The van der Waals surface area contributed by atoms with Crippen LogP contribution in [0.2, 0.25) is 0 Å². The molecule has 1 N–H and O–H groups in total. The number of halogens is 9. The Kier molecular flexibility index (Phi) is 9.96. The smallest absolute Gasteiger partial charge is 0.416 e. The van der Waals surface area contributed by atoms with Crippen LogP contribution >= 0.6 is 0 Å². The van der Waals surface area contributed by atoms with Gasteiger partial charge in [-0.25, -0.2) is 0 Å². The predicted molar refractivity (Wildman–Crippen MR) is 150 cm³/mol. The van der Waals surface area contributed by atoms with Crippen molar-refractivity contribution in [1.82, 2.24) is 4.90 Å². The second-order valence-electron chi connectivity index (χ2n) is 11.9. The normalized spacial score (nSPS) is 19.1. The average Bonchev–Trinajstić information content (AvgIpc) is 2.94. The Morgan fingerprint density at radius 2 is 1.36 bits per heavy atom. The summed E-state index contributed by atoms with van der Waals surface area (Å²) in [5.74, 6) is -2.61. The first-order valence-electron chi connectivity index (χ1n) is 14.3. The van der Waals surface area contributed by atoms with Gasteiger partial charge in [-0.3, -0.25) is 9.69 Å². The molecule has 0 aliphatic carbocycles. The second-order valence-corrected chi connectivity index (χ2v) is 11.9. The Morgan fingerprint density at radius 3 is 1.84 bits per heavy atom. The highest BCUT2D eigenvalue weighted by Crippen LogP contribution is 2.41. The maximum absolute atomic E-state index is 14.1. The van der Waals surface area contributed by atoms with E-state index in [2.05, 4.69) is 0 Å². The van der Waals surface area contributed by atoms with Crippen molar-refractivity contribution in [2.75, 3.05) is 6.54 Å². The summed E-state index contributed by atoms with van der Waals surface area (Å²) < 4.78 is 121. The first kappa shape index (κ1) is 34.3. The number of hydrogen-bond donors (Lipinski definition) is 1. The summed E-state index contributed by atoms with van der Waals surface area (Å²) in [4.78, 5) is 13.5. The Bertz CT molecular complexity index is 1460. The second kappa shape index (κ2) is 13.1. The quantitative estimate of drug-likeness (QED) is 0.248. The molecule has 0 aromatic heterocycles. The number of carbonyl (C=O) groups is 1. The molecule has 1 aliphatic heterocycles. The monoisotopic (exact) mass is 645 g/mol. The number of nitrogens with zero attached hydrogens (tertiary/aromatic N) is 1. The number of benzene rings is 3. The molecule has 3 atom stereocenters. The third-order valence-electron chi connectivity index (χ3n) is 8.13. The number of piperidine rings is 1. The van der Waals surface area contributed by atoms with Crippen LogP contribution in [0.25, 0.3) is 11.1 Å². The fourth-order valence-electron chi connectivity index (χ4n) is 5.88. The van der Waals surface area contributed by atoms with Crippen molar-refractivity contribution in [3.63, 3.8) is 0 Å². The molecule has 4 rings (SSSR count). The summed E-state index contributed by atoms with van der Waals surface area (Å²) in [5, 5.41) is 10.0. The van der Waals surface area contributed by atoms with Crippen LogP contribution < -0.4 is 0 Å². The van der Waals surface area contributed by atoms with Crippen LogP contribution in [0.5, 0.6) is 0 Å². The van der Waals surface area contributed by atoms with Gasteiger partial charge in [0.15, 0.2) is 0 Å². The van der Waals surface area contributed by atoms with Gasteiger partial charge in [0.2, 0.25) is 0 Å². The molecule has 1 fully saturated rings. The molecule has 3 aromatic carbocycles. The number of aliphatic carboxylic acids is 1. The lowest BCUT2D eigenvalue weighted by molar-refractivity contribution is -0.194. The Labute approximate surface area is 254 Å². The van der Waals surface area contributed by atoms with Gasteiger partial charge in [-0.1, -0.05) is 56.3 Å². The minimum atomic E-state index is -4.60. The number of hydrogen-bond acceptors (Lipinski definition) is 2. The van der Waals surface area contributed by atoms with E-state index in [1.54, 1.807) is 18.2 Å². The van der Waals surface area contributed by atoms with E-state index in [1.165, 1.54) is 17.0 Å². The van der Waals surface area contributed by atoms with Crippen molar-refractivity contribution in [3.05, 3.63) is 94.5 Å². The summed E-state index contributed by atoms with van der Waals surface area (Å²) in [6, 6.07) is 11.3. The minimum Gasteiger partial charge on any atom is -0.481 e. The highest BCUT2D eigenvalue weighted by molar-refractivity contribution is 5.78. The molecule has 12 heteroatoms. The zero-order chi connectivity index (χ0) is 33.3. The molecule has 244 valence electrons. The van der Waals surface area contributed by atoms with Crippen molar-refractivity contribution >= 4 is 5.97 Å².